The summed E-state index contributed by atoms with van der Waals surface area (Å²) in [6, 6.07) is 0. The Kier molecular flexibility index (Phi) is 11.5. The van der Waals surface area contributed by atoms with Crippen LogP contribution < -0.4 is 0 Å². The van der Waals surface area contributed by atoms with E-state index in [1.807, 2.05) is 6.08 Å². The molecule has 3 N–H and O–H groups in total. The summed E-state index contributed by atoms with van der Waals surface area (Å²) in [5.74, 6) is 0. The Morgan fingerprint density at radius 3 is 2.22 bits per heavy atom. The van der Waals surface area contributed by atoms with Crippen molar-refractivity contribution in [2.75, 3.05) is 19.8 Å². The Bertz CT molecular complexity index is 295. The lowest BCUT2D eigenvalue weighted by molar-refractivity contribution is -0.211. The zero-order valence-electron chi connectivity index (χ0n) is 14.2. The van der Waals surface area contributed by atoms with Crippen molar-refractivity contribution in [2.45, 2.75) is 82.2 Å². The molecule has 5 nitrogen and oxygen atoms in total. The number of hydrogen-bond donors (Lipinski definition) is 3. The summed E-state index contributed by atoms with van der Waals surface area (Å²) in [5, 5.41) is 28.8. The van der Waals surface area contributed by atoms with E-state index in [9.17, 15) is 15.3 Å². The van der Waals surface area contributed by atoms with Crippen molar-refractivity contribution < 1.29 is 24.8 Å². The van der Waals surface area contributed by atoms with Gasteiger partial charge in [-0.3, -0.25) is 0 Å². The second kappa shape index (κ2) is 12.9. The molecule has 0 aromatic heterocycles. The van der Waals surface area contributed by atoms with Gasteiger partial charge in [0.05, 0.1) is 13.2 Å². The van der Waals surface area contributed by atoms with E-state index >= 15 is 0 Å². The van der Waals surface area contributed by atoms with Crippen LogP contribution in [0.2, 0.25) is 0 Å². The fourth-order valence-corrected chi connectivity index (χ4v) is 2.89. The molecule has 0 amide bonds. The highest BCUT2D eigenvalue weighted by molar-refractivity contribution is 4.87. The Hall–Kier alpha value is -0.460. The second-order valence-corrected chi connectivity index (χ2v) is 6.35. The van der Waals surface area contributed by atoms with Crippen molar-refractivity contribution in [1.29, 1.82) is 0 Å². The van der Waals surface area contributed by atoms with Gasteiger partial charge in [-0.15, -0.1) is 6.58 Å². The molecule has 5 heteroatoms. The van der Waals surface area contributed by atoms with Gasteiger partial charge < -0.3 is 24.8 Å². The molecule has 23 heavy (non-hydrogen) atoms. The SMILES string of the molecule is C=CCCCCCCCCCCO[C@@H]1[C@@H](O)[C@H](O)CO[C@H]1CO. The lowest BCUT2D eigenvalue weighted by atomic mass is 10.0. The average molecular weight is 330 g/mol. The van der Waals surface area contributed by atoms with E-state index in [0.717, 1.165) is 19.3 Å². The number of unbranched alkanes of at least 4 members (excludes halogenated alkanes) is 8. The van der Waals surface area contributed by atoms with Gasteiger partial charge in [-0.2, -0.15) is 0 Å². The maximum absolute atomic E-state index is 9.93. The van der Waals surface area contributed by atoms with E-state index in [1.54, 1.807) is 0 Å². The summed E-state index contributed by atoms with van der Waals surface area (Å²) in [6.07, 6.45) is 9.57. The summed E-state index contributed by atoms with van der Waals surface area (Å²) in [4.78, 5) is 0. The first-order chi connectivity index (χ1) is 11.2. The van der Waals surface area contributed by atoms with E-state index in [0.29, 0.717) is 6.61 Å². The van der Waals surface area contributed by atoms with E-state index < -0.39 is 24.4 Å². The molecule has 1 aliphatic rings. The highest BCUT2D eigenvalue weighted by atomic mass is 16.6. The Morgan fingerprint density at radius 1 is 1.00 bits per heavy atom. The van der Waals surface area contributed by atoms with Crippen LogP contribution in [0.25, 0.3) is 0 Å². The highest BCUT2D eigenvalue weighted by Crippen LogP contribution is 2.19. The molecule has 4 atom stereocenters. The lowest BCUT2D eigenvalue weighted by Gasteiger charge is -2.37. The summed E-state index contributed by atoms with van der Waals surface area (Å²) in [7, 11) is 0. The average Bonchev–Trinajstić information content (AvgIpc) is 2.56. The van der Waals surface area contributed by atoms with Gasteiger partial charge in [-0.1, -0.05) is 44.6 Å². The topological polar surface area (TPSA) is 79.2 Å². The third kappa shape index (κ3) is 8.27. The molecule has 136 valence electrons. The van der Waals surface area contributed by atoms with Crippen molar-refractivity contribution >= 4 is 0 Å². The van der Waals surface area contributed by atoms with Crippen LogP contribution in [-0.2, 0) is 9.47 Å². The summed E-state index contributed by atoms with van der Waals surface area (Å²) in [6.45, 7) is 4.08. The van der Waals surface area contributed by atoms with Crippen LogP contribution in [0, 0.1) is 0 Å². The molecule has 0 aromatic carbocycles. The molecule has 0 bridgehead atoms. The molecule has 1 rings (SSSR count). The van der Waals surface area contributed by atoms with Crippen LogP contribution >= 0.6 is 0 Å². The molecule has 0 unspecified atom stereocenters. The van der Waals surface area contributed by atoms with Crippen LogP contribution in [0.5, 0.6) is 0 Å². The minimum Gasteiger partial charge on any atom is -0.394 e. The minimum absolute atomic E-state index is 0.0407. The van der Waals surface area contributed by atoms with Gasteiger partial charge in [-0.25, -0.2) is 0 Å². The monoisotopic (exact) mass is 330 g/mol. The largest absolute Gasteiger partial charge is 0.394 e. The molecule has 1 saturated heterocycles. The van der Waals surface area contributed by atoms with Crippen LogP contribution in [0.1, 0.15) is 57.8 Å². The molecule has 1 heterocycles. The first kappa shape index (κ1) is 20.6. The number of aliphatic hydroxyl groups excluding tert-OH is 3. The zero-order valence-corrected chi connectivity index (χ0v) is 14.2. The Labute approximate surface area is 140 Å². The second-order valence-electron chi connectivity index (χ2n) is 6.35. The highest BCUT2D eigenvalue weighted by Gasteiger charge is 2.39. The number of hydrogen-bond acceptors (Lipinski definition) is 5. The van der Waals surface area contributed by atoms with Crippen molar-refractivity contribution in [3.63, 3.8) is 0 Å². The van der Waals surface area contributed by atoms with Crippen LogP contribution in [0.3, 0.4) is 0 Å². The summed E-state index contributed by atoms with van der Waals surface area (Å²) < 4.78 is 10.9. The summed E-state index contributed by atoms with van der Waals surface area (Å²) in [5.41, 5.74) is 0. The first-order valence-corrected chi connectivity index (χ1v) is 9.01. The van der Waals surface area contributed by atoms with Crippen LogP contribution in [-0.4, -0.2) is 59.6 Å². The van der Waals surface area contributed by atoms with Crippen molar-refractivity contribution in [1.82, 2.24) is 0 Å². The van der Waals surface area contributed by atoms with E-state index in [-0.39, 0.29) is 13.2 Å². The molecule has 0 saturated carbocycles. The number of rotatable bonds is 13. The molecule has 1 aliphatic heterocycles. The third-order valence-electron chi connectivity index (χ3n) is 4.37. The van der Waals surface area contributed by atoms with Crippen molar-refractivity contribution in [3.05, 3.63) is 12.7 Å². The number of aliphatic hydroxyl groups is 3. The molecule has 0 aliphatic carbocycles. The van der Waals surface area contributed by atoms with Gasteiger partial charge in [0, 0.05) is 6.61 Å². The molecule has 0 radical (unpaired) electrons. The van der Waals surface area contributed by atoms with Crippen LogP contribution in [0.15, 0.2) is 12.7 Å². The van der Waals surface area contributed by atoms with Gasteiger partial charge in [0.2, 0.25) is 0 Å². The van der Waals surface area contributed by atoms with Gasteiger partial charge in [0.1, 0.15) is 24.4 Å². The van der Waals surface area contributed by atoms with Crippen LogP contribution in [0.4, 0.5) is 0 Å². The maximum Gasteiger partial charge on any atom is 0.114 e. The standard InChI is InChI=1S/C18H34O5/c1-2-3-4-5-6-7-8-9-10-11-12-22-18-16(13-19)23-14-15(20)17(18)21/h2,15-21H,1,3-14H2/t15-,16+,17+,18+/m1/s1. The predicted octanol–water partition coefficient (Wildman–Crippen LogP) is 2.18. The lowest BCUT2D eigenvalue weighted by Crippen LogP contribution is -2.55. The fourth-order valence-electron chi connectivity index (χ4n) is 2.89. The number of ether oxygens (including phenoxy) is 2. The van der Waals surface area contributed by atoms with Crippen molar-refractivity contribution in [2.24, 2.45) is 0 Å². The van der Waals surface area contributed by atoms with Gasteiger partial charge >= 0.3 is 0 Å². The molecular weight excluding hydrogens is 296 g/mol. The third-order valence-corrected chi connectivity index (χ3v) is 4.37. The van der Waals surface area contributed by atoms with Gasteiger partial charge in [-0.05, 0) is 19.3 Å². The van der Waals surface area contributed by atoms with E-state index in [2.05, 4.69) is 6.58 Å². The fraction of sp³-hybridized carbons (Fsp3) is 0.889. The predicted molar refractivity (Wildman–Crippen MR) is 90.3 cm³/mol. The molecule has 1 fully saturated rings. The zero-order chi connectivity index (χ0) is 16.9. The normalized spacial score (nSPS) is 28.0. The summed E-state index contributed by atoms with van der Waals surface area (Å²) >= 11 is 0. The van der Waals surface area contributed by atoms with Gasteiger partial charge in [0.25, 0.3) is 0 Å². The molecule has 0 spiro atoms. The quantitative estimate of drug-likeness (QED) is 0.356. The minimum atomic E-state index is -0.989. The maximum atomic E-state index is 9.93. The molecule has 0 aromatic rings. The molecular formula is C18H34O5. The van der Waals surface area contributed by atoms with E-state index in [4.69, 9.17) is 9.47 Å². The van der Waals surface area contributed by atoms with E-state index in [1.165, 1.54) is 38.5 Å². The Morgan fingerprint density at radius 2 is 1.61 bits per heavy atom. The smallest absolute Gasteiger partial charge is 0.114 e. The van der Waals surface area contributed by atoms with Gasteiger partial charge in [0.15, 0.2) is 0 Å². The Balaban J connectivity index is 2.00. The first-order valence-electron chi connectivity index (χ1n) is 9.01. The van der Waals surface area contributed by atoms with Crippen molar-refractivity contribution in [3.8, 4) is 0 Å². The number of allylic oxidation sites excluding steroid dienone is 1.